The molecule has 2 aliphatic rings. The van der Waals surface area contributed by atoms with Crippen LogP contribution in [-0.2, 0) is 14.4 Å². The van der Waals surface area contributed by atoms with Gasteiger partial charge in [0.1, 0.15) is 0 Å². The maximum atomic E-state index is 12.4. The number of hydrogen-bond donors (Lipinski definition) is 0. The molecule has 1 heterocycles. The van der Waals surface area contributed by atoms with Gasteiger partial charge in [-0.2, -0.15) is 0 Å². The predicted octanol–water partition coefficient (Wildman–Crippen LogP) is 0.492. The van der Waals surface area contributed by atoms with E-state index in [1.807, 2.05) is 26.8 Å². The lowest BCUT2D eigenvalue weighted by Gasteiger charge is -2.28. The molecule has 0 aromatic rings. The number of aliphatic carboxylic acids is 1. The Bertz CT molecular complexity index is 480. The van der Waals surface area contributed by atoms with Crippen molar-refractivity contribution in [2.75, 3.05) is 0 Å². The average molecular weight is 278 g/mol. The first-order chi connectivity index (χ1) is 9.32. The summed E-state index contributed by atoms with van der Waals surface area (Å²) in [7, 11) is 0. The maximum absolute atomic E-state index is 12.4. The van der Waals surface area contributed by atoms with E-state index >= 15 is 0 Å². The van der Waals surface area contributed by atoms with Crippen LogP contribution in [0.25, 0.3) is 0 Å². The van der Waals surface area contributed by atoms with Crippen molar-refractivity contribution in [2.24, 2.45) is 17.8 Å². The molecule has 1 aliphatic heterocycles. The van der Waals surface area contributed by atoms with E-state index in [0.29, 0.717) is 12.8 Å². The second kappa shape index (κ2) is 5.38. The Hall–Kier alpha value is -1.65. The van der Waals surface area contributed by atoms with Crippen molar-refractivity contribution < 1.29 is 19.5 Å². The summed E-state index contributed by atoms with van der Waals surface area (Å²) in [5, 5.41) is 11.3. The number of fused-ring (bicyclic) bond motifs is 1. The zero-order valence-corrected chi connectivity index (χ0v) is 12.1. The molecule has 5 nitrogen and oxygen atoms in total. The Labute approximate surface area is 118 Å². The van der Waals surface area contributed by atoms with E-state index in [4.69, 9.17) is 0 Å². The van der Waals surface area contributed by atoms with Crippen molar-refractivity contribution in [3.63, 3.8) is 0 Å². The third kappa shape index (κ3) is 2.49. The van der Waals surface area contributed by atoms with Crippen LogP contribution in [0.3, 0.4) is 0 Å². The van der Waals surface area contributed by atoms with E-state index in [1.165, 1.54) is 0 Å². The van der Waals surface area contributed by atoms with Gasteiger partial charge in [0.25, 0.3) is 0 Å². The zero-order valence-electron chi connectivity index (χ0n) is 12.1. The first kappa shape index (κ1) is 14.8. The lowest BCUT2D eigenvalue weighted by atomic mass is 9.82. The number of carboxylic acid groups (broad SMARTS) is 1. The van der Waals surface area contributed by atoms with E-state index in [2.05, 4.69) is 0 Å². The SMILES string of the molecule is CC1=CC[C@H]2C(=O)N([C@@H](CC(C)C)C(=O)[O-])C(=O)[C@H]2C1. The van der Waals surface area contributed by atoms with Crippen LogP contribution in [0.5, 0.6) is 0 Å². The van der Waals surface area contributed by atoms with Gasteiger partial charge in [0.05, 0.1) is 23.8 Å². The van der Waals surface area contributed by atoms with Gasteiger partial charge in [-0.1, -0.05) is 25.5 Å². The Morgan fingerprint density at radius 1 is 1.35 bits per heavy atom. The highest BCUT2D eigenvalue weighted by atomic mass is 16.4. The fourth-order valence-corrected chi connectivity index (χ4v) is 3.12. The van der Waals surface area contributed by atoms with E-state index < -0.39 is 12.0 Å². The predicted molar refractivity (Wildman–Crippen MR) is 70.1 cm³/mol. The van der Waals surface area contributed by atoms with Crippen LogP contribution in [0.1, 0.15) is 40.0 Å². The molecule has 0 N–H and O–H groups in total. The van der Waals surface area contributed by atoms with Gasteiger partial charge < -0.3 is 9.90 Å². The molecule has 0 spiro atoms. The second-order valence-electron chi connectivity index (χ2n) is 6.21. The number of likely N-dealkylation sites (tertiary alicyclic amines) is 1. The van der Waals surface area contributed by atoms with E-state index in [9.17, 15) is 19.5 Å². The molecule has 0 unspecified atom stereocenters. The van der Waals surface area contributed by atoms with Crippen LogP contribution in [0, 0.1) is 17.8 Å². The van der Waals surface area contributed by atoms with E-state index in [0.717, 1.165) is 10.5 Å². The molecule has 2 amide bonds. The molecule has 0 radical (unpaired) electrons. The minimum absolute atomic E-state index is 0.0704. The monoisotopic (exact) mass is 278 g/mol. The van der Waals surface area contributed by atoms with E-state index in [1.54, 1.807) is 0 Å². The van der Waals surface area contributed by atoms with Gasteiger partial charge in [-0.25, -0.2) is 0 Å². The van der Waals surface area contributed by atoms with Crippen molar-refractivity contribution in [1.82, 2.24) is 4.90 Å². The van der Waals surface area contributed by atoms with Crippen molar-refractivity contribution in [3.05, 3.63) is 11.6 Å². The number of nitrogens with zero attached hydrogens (tertiary/aromatic N) is 1. The van der Waals surface area contributed by atoms with Gasteiger partial charge >= 0.3 is 0 Å². The molecule has 0 aromatic carbocycles. The number of rotatable bonds is 4. The molecule has 0 saturated carbocycles. The van der Waals surface area contributed by atoms with Gasteiger partial charge in [-0.05, 0) is 32.1 Å². The summed E-state index contributed by atoms with van der Waals surface area (Å²) in [6.45, 7) is 5.65. The van der Waals surface area contributed by atoms with Crippen molar-refractivity contribution in [3.8, 4) is 0 Å². The van der Waals surface area contributed by atoms with Crippen LogP contribution in [0.2, 0.25) is 0 Å². The van der Waals surface area contributed by atoms with Crippen LogP contribution >= 0.6 is 0 Å². The third-order valence-electron chi connectivity index (χ3n) is 4.14. The lowest BCUT2D eigenvalue weighted by Crippen LogP contribution is -2.51. The highest BCUT2D eigenvalue weighted by Gasteiger charge is 2.50. The molecule has 5 heteroatoms. The normalized spacial score (nSPS) is 27.6. The summed E-state index contributed by atoms with van der Waals surface area (Å²) in [5.41, 5.74) is 1.09. The fourth-order valence-electron chi connectivity index (χ4n) is 3.12. The van der Waals surface area contributed by atoms with Gasteiger partial charge in [0.2, 0.25) is 11.8 Å². The van der Waals surface area contributed by atoms with Gasteiger partial charge in [-0.15, -0.1) is 0 Å². The lowest BCUT2D eigenvalue weighted by molar-refractivity contribution is -0.311. The molecule has 3 atom stereocenters. The Kier molecular flexibility index (Phi) is 3.97. The summed E-state index contributed by atoms with van der Waals surface area (Å²) in [4.78, 5) is 37.0. The second-order valence-corrected chi connectivity index (χ2v) is 6.21. The first-order valence-electron chi connectivity index (χ1n) is 7.06. The Morgan fingerprint density at radius 3 is 2.50 bits per heavy atom. The van der Waals surface area contributed by atoms with Gasteiger partial charge in [0.15, 0.2) is 0 Å². The molecule has 20 heavy (non-hydrogen) atoms. The summed E-state index contributed by atoms with van der Waals surface area (Å²) in [6.07, 6.45) is 3.28. The van der Waals surface area contributed by atoms with Crippen molar-refractivity contribution >= 4 is 17.8 Å². The fraction of sp³-hybridized carbons (Fsp3) is 0.667. The maximum Gasteiger partial charge on any atom is 0.234 e. The van der Waals surface area contributed by atoms with Crippen LogP contribution in [0.4, 0.5) is 0 Å². The molecule has 110 valence electrons. The molecular weight excluding hydrogens is 258 g/mol. The number of carbonyl (C=O) groups is 3. The van der Waals surface area contributed by atoms with Crippen LogP contribution < -0.4 is 5.11 Å². The number of carbonyl (C=O) groups excluding carboxylic acids is 3. The number of allylic oxidation sites excluding steroid dienone is 2. The van der Waals surface area contributed by atoms with Crippen LogP contribution in [-0.4, -0.2) is 28.7 Å². The molecule has 0 aromatic heterocycles. The summed E-state index contributed by atoms with van der Waals surface area (Å²) >= 11 is 0. The Morgan fingerprint density at radius 2 is 1.95 bits per heavy atom. The topological polar surface area (TPSA) is 77.5 Å². The highest BCUT2D eigenvalue weighted by Crippen LogP contribution is 2.39. The number of imide groups is 1. The minimum atomic E-state index is -1.34. The van der Waals surface area contributed by atoms with Gasteiger partial charge in [-0.3, -0.25) is 14.5 Å². The van der Waals surface area contributed by atoms with Gasteiger partial charge in [0, 0.05) is 0 Å². The van der Waals surface area contributed by atoms with Crippen LogP contribution in [0.15, 0.2) is 11.6 Å². The number of amides is 2. The minimum Gasteiger partial charge on any atom is -0.548 e. The summed E-state index contributed by atoms with van der Waals surface area (Å²) in [6, 6.07) is -1.14. The largest absolute Gasteiger partial charge is 0.548 e. The summed E-state index contributed by atoms with van der Waals surface area (Å²) < 4.78 is 0. The molecule has 0 bridgehead atoms. The van der Waals surface area contributed by atoms with Crippen molar-refractivity contribution in [1.29, 1.82) is 0 Å². The first-order valence-corrected chi connectivity index (χ1v) is 7.06. The molecule has 1 saturated heterocycles. The highest BCUT2D eigenvalue weighted by molar-refractivity contribution is 6.07. The Balaban J connectivity index is 2.27. The number of carboxylic acids is 1. The molecular formula is C15H20NO4-. The number of hydrogen-bond acceptors (Lipinski definition) is 4. The molecule has 2 rings (SSSR count). The third-order valence-corrected chi connectivity index (χ3v) is 4.14. The molecule has 1 fully saturated rings. The van der Waals surface area contributed by atoms with E-state index in [-0.39, 0.29) is 36.0 Å². The zero-order chi connectivity index (χ0) is 15.0. The van der Waals surface area contributed by atoms with Crippen molar-refractivity contribution in [2.45, 2.75) is 46.1 Å². The average Bonchev–Trinajstić information content (AvgIpc) is 2.58. The quantitative estimate of drug-likeness (QED) is 0.554. The standard InChI is InChI=1S/C15H21NO4/c1-8(2)6-12(15(19)20)16-13(17)10-5-4-9(3)7-11(10)14(16)18/h4,8,10-12H,5-7H2,1-3H3,(H,19,20)/p-1/t10-,11+,12+/m1/s1. The smallest absolute Gasteiger partial charge is 0.234 e. The summed E-state index contributed by atoms with van der Waals surface area (Å²) in [5.74, 6) is -2.74. The molecule has 1 aliphatic carbocycles.